The molecule has 1 aliphatic carbocycles. The van der Waals surface area contributed by atoms with Gasteiger partial charge in [-0.05, 0) is 56.7 Å². The fourth-order valence-corrected chi connectivity index (χ4v) is 2.11. The number of hydrogen-bond donors (Lipinski definition) is 0. The van der Waals surface area contributed by atoms with E-state index in [1.807, 2.05) is 6.07 Å². The summed E-state index contributed by atoms with van der Waals surface area (Å²) in [6.07, 6.45) is 7.41. The van der Waals surface area contributed by atoms with Gasteiger partial charge in [-0.1, -0.05) is 24.3 Å². The van der Waals surface area contributed by atoms with E-state index < -0.39 is 0 Å². The molecule has 0 radical (unpaired) electrons. The highest BCUT2D eigenvalue weighted by Crippen LogP contribution is 2.23. The summed E-state index contributed by atoms with van der Waals surface area (Å²) in [5.74, 6) is 0. The SMILES string of the molecule is CC(=Nc1ccccc1C)C1=CCCCC1. The molecule has 0 saturated heterocycles. The van der Waals surface area contributed by atoms with Crippen molar-refractivity contribution in [3.8, 4) is 0 Å². The van der Waals surface area contributed by atoms with Crippen LogP contribution in [0.5, 0.6) is 0 Å². The standard InChI is InChI=1S/C15H19N/c1-12-8-6-7-11-15(12)16-13(2)14-9-4-3-5-10-14/h6-9,11H,3-5,10H2,1-2H3. The van der Waals surface area contributed by atoms with Gasteiger partial charge in [-0.3, -0.25) is 4.99 Å². The zero-order valence-electron chi connectivity index (χ0n) is 10.2. The van der Waals surface area contributed by atoms with Crippen molar-refractivity contribution in [3.05, 3.63) is 41.5 Å². The lowest BCUT2D eigenvalue weighted by Gasteiger charge is -2.12. The van der Waals surface area contributed by atoms with E-state index in [-0.39, 0.29) is 0 Å². The van der Waals surface area contributed by atoms with Gasteiger partial charge in [0.25, 0.3) is 0 Å². The molecule has 1 aromatic rings. The summed E-state index contributed by atoms with van der Waals surface area (Å²) >= 11 is 0. The summed E-state index contributed by atoms with van der Waals surface area (Å²) in [4.78, 5) is 4.73. The number of allylic oxidation sites excluding steroid dienone is 2. The van der Waals surface area contributed by atoms with Gasteiger partial charge < -0.3 is 0 Å². The van der Waals surface area contributed by atoms with Gasteiger partial charge in [0.1, 0.15) is 0 Å². The number of aliphatic imine (C=N–C) groups is 1. The van der Waals surface area contributed by atoms with Crippen molar-refractivity contribution in [2.45, 2.75) is 39.5 Å². The van der Waals surface area contributed by atoms with Crippen LogP contribution in [0.15, 0.2) is 40.9 Å². The van der Waals surface area contributed by atoms with Crippen molar-refractivity contribution in [1.82, 2.24) is 0 Å². The summed E-state index contributed by atoms with van der Waals surface area (Å²) in [5.41, 5.74) is 4.98. The first-order valence-electron chi connectivity index (χ1n) is 6.08. The number of para-hydroxylation sites is 1. The molecule has 1 heteroatoms. The van der Waals surface area contributed by atoms with Crippen molar-refractivity contribution in [1.29, 1.82) is 0 Å². The molecule has 84 valence electrons. The first kappa shape index (κ1) is 11.1. The highest BCUT2D eigenvalue weighted by molar-refractivity contribution is 6.00. The molecule has 1 nitrogen and oxygen atoms in total. The molecule has 0 N–H and O–H groups in total. The third-order valence-electron chi connectivity index (χ3n) is 3.16. The highest BCUT2D eigenvalue weighted by atomic mass is 14.7. The molecule has 0 unspecified atom stereocenters. The van der Waals surface area contributed by atoms with Gasteiger partial charge in [0, 0.05) is 5.71 Å². The number of hydrogen-bond acceptors (Lipinski definition) is 1. The lowest BCUT2D eigenvalue weighted by atomic mass is 9.96. The molecule has 2 rings (SSSR count). The Kier molecular flexibility index (Phi) is 3.55. The third-order valence-corrected chi connectivity index (χ3v) is 3.16. The Bertz CT molecular complexity index is 427. The summed E-state index contributed by atoms with van der Waals surface area (Å²) in [6, 6.07) is 8.31. The van der Waals surface area contributed by atoms with E-state index in [0.29, 0.717) is 0 Å². The molecule has 0 bridgehead atoms. The predicted molar refractivity (Wildman–Crippen MR) is 70.5 cm³/mol. The van der Waals surface area contributed by atoms with Crippen LogP contribution in [0.3, 0.4) is 0 Å². The van der Waals surface area contributed by atoms with Crippen molar-refractivity contribution in [2.24, 2.45) is 4.99 Å². The van der Waals surface area contributed by atoms with Crippen molar-refractivity contribution in [3.63, 3.8) is 0 Å². The zero-order chi connectivity index (χ0) is 11.4. The summed E-state index contributed by atoms with van der Waals surface area (Å²) in [5, 5.41) is 0. The first-order chi connectivity index (χ1) is 7.77. The van der Waals surface area contributed by atoms with E-state index in [9.17, 15) is 0 Å². The van der Waals surface area contributed by atoms with Gasteiger partial charge in [0.2, 0.25) is 0 Å². The van der Waals surface area contributed by atoms with Gasteiger partial charge >= 0.3 is 0 Å². The molecule has 0 spiro atoms. The Hall–Kier alpha value is -1.37. The predicted octanol–water partition coefficient (Wildman–Crippen LogP) is 4.59. The smallest absolute Gasteiger partial charge is 0.0662 e. The second-order valence-electron chi connectivity index (χ2n) is 4.46. The van der Waals surface area contributed by atoms with Crippen LogP contribution in [-0.4, -0.2) is 5.71 Å². The van der Waals surface area contributed by atoms with Crippen LogP contribution in [0.1, 0.15) is 38.2 Å². The quantitative estimate of drug-likeness (QED) is 0.637. The largest absolute Gasteiger partial charge is 0.253 e. The summed E-state index contributed by atoms with van der Waals surface area (Å²) in [6.45, 7) is 4.24. The minimum absolute atomic E-state index is 1.10. The molecular formula is C15H19N. The average Bonchev–Trinajstić information content (AvgIpc) is 2.33. The molecule has 1 aliphatic rings. The second kappa shape index (κ2) is 5.11. The van der Waals surface area contributed by atoms with Crippen LogP contribution in [0.25, 0.3) is 0 Å². The molecule has 0 aromatic heterocycles. The summed E-state index contributed by atoms with van der Waals surface area (Å²) in [7, 11) is 0. The lowest BCUT2D eigenvalue weighted by Crippen LogP contribution is -2.01. The van der Waals surface area contributed by atoms with E-state index in [0.717, 1.165) is 5.69 Å². The van der Waals surface area contributed by atoms with Crippen molar-refractivity contribution in [2.75, 3.05) is 0 Å². The van der Waals surface area contributed by atoms with E-state index in [1.165, 1.54) is 42.5 Å². The molecular weight excluding hydrogens is 194 g/mol. The van der Waals surface area contributed by atoms with Gasteiger partial charge in [-0.15, -0.1) is 0 Å². The van der Waals surface area contributed by atoms with Gasteiger partial charge in [0.15, 0.2) is 0 Å². The van der Waals surface area contributed by atoms with E-state index >= 15 is 0 Å². The number of rotatable bonds is 2. The maximum absolute atomic E-state index is 4.73. The second-order valence-corrected chi connectivity index (χ2v) is 4.46. The average molecular weight is 213 g/mol. The van der Waals surface area contributed by atoms with E-state index in [4.69, 9.17) is 4.99 Å². The normalized spacial score (nSPS) is 17.1. The van der Waals surface area contributed by atoms with E-state index in [1.54, 1.807) is 0 Å². The Morgan fingerprint density at radius 1 is 1.19 bits per heavy atom. The Morgan fingerprint density at radius 3 is 2.69 bits per heavy atom. The third kappa shape index (κ3) is 2.60. The van der Waals surface area contributed by atoms with E-state index in [2.05, 4.69) is 38.1 Å². The molecule has 0 atom stereocenters. The van der Waals surface area contributed by atoms with Crippen LogP contribution in [0, 0.1) is 6.92 Å². The lowest BCUT2D eigenvalue weighted by molar-refractivity contribution is 0.717. The van der Waals surface area contributed by atoms with Crippen LogP contribution >= 0.6 is 0 Å². The fraction of sp³-hybridized carbons (Fsp3) is 0.400. The Balaban J connectivity index is 2.24. The number of nitrogens with zero attached hydrogens (tertiary/aromatic N) is 1. The maximum Gasteiger partial charge on any atom is 0.0662 e. The molecule has 0 aliphatic heterocycles. The molecule has 1 aromatic carbocycles. The highest BCUT2D eigenvalue weighted by Gasteiger charge is 2.06. The van der Waals surface area contributed by atoms with Crippen LogP contribution in [0.2, 0.25) is 0 Å². The molecule has 0 fully saturated rings. The Morgan fingerprint density at radius 2 is 2.00 bits per heavy atom. The van der Waals surface area contributed by atoms with Crippen molar-refractivity contribution < 1.29 is 0 Å². The minimum atomic E-state index is 1.10. The van der Waals surface area contributed by atoms with Crippen LogP contribution in [-0.2, 0) is 0 Å². The maximum atomic E-state index is 4.73. The summed E-state index contributed by atoms with van der Waals surface area (Å²) < 4.78 is 0. The molecule has 0 saturated carbocycles. The Labute approximate surface area is 97.9 Å². The van der Waals surface area contributed by atoms with Crippen LogP contribution in [0.4, 0.5) is 5.69 Å². The number of aryl methyl sites for hydroxylation is 1. The van der Waals surface area contributed by atoms with Crippen molar-refractivity contribution >= 4 is 11.4 Å². The topological polar surface area (TPSA) is 12.4 Å². The number of benzene rings is 1. The fourth-order valence-electron chi connectivity index (χ4n) is 2.11. The van der Waals surface area contributed by atoms with Crippen LogP contribution < -0.4 is 0 Å². The molecule has 16 heavy (non-hydrogen) atoms. The first-order valence-corrected chi connectivity index (χ1v) is 6.08. The zero-order valence-corrected chi connectivity index (χ0v) is 10.2. The van der Waals surface area contributed by atoms with Gasteiger partial charge in [0.05, 0.1) is 5.69 Å². The molecule has 0 heterocycles. The monoisotopic (exact) mass is 213 g/mol. The van der Waals surface area contributed by atoms with Gasteiger partial charge in [-0.25, -0.2) is 0 Å². The minimum Gasteiger partial charge on any atom is -0.253 e. The van der Waals surface area contributed by atoms with Gasteiger partial charge in [-0.2, -0.15) is 0 Å². The molecule has 0 amide bonds.